The van der Waals surface area contributed by atoms with Gasteiger partial charge in [-0.3, -0.25) is 18.7 Å². The molecule has 2 heterocycles. The second kappa shape index (κ2) is 8.22. The van der Waals surface area contributed by atoms with Gasteiger partial charge in [0.1, 0.15) is 6.54 Å². The van der Waals surface area contributed by atoms with Gasteiger partial charge < -0.3 is 15.2 Å². The first-order chi connectivity index (χ1) is 13.4. The lowest BCUT2D eigenvalue weighted by Gasteiger charge is -2.22. The van der Waals surface area contributed by atoms with Crippen molar-refractivity contribution in [2.45, 2.75) is 13.0 Å². The Balaban J connectivity index is 1.84. The lowest BCUT2D eigenvalue weighted by atomic mass is 10.1. The maximum absolute atomic E-state index is 12.9. The van der Waals surface area contributed by atoms with Gasteiger partial charge in [-0.1, -0.05) is 30.3 Å². The van der Waals surface area contributed by atoms with E-state index in [2.05, 4.69) is 4.98 Å². The van der Waals surface area contributed by atoms with E-state index < -0.39 is 11.2 Å². The van der Waals surface area contributed by atoms with Gasteiger partial charge in [-0.25, -0.2) is 9.78 Å². The van der Waals surface area contributed by atoms with E-state index in [9.17, 15) is 14.4 Å². The number of carbonyl (C=O) groups excluding carboxylic acids is 1. The molecule has 0 aliphatic rings. The van der Waals surface area contributed by atoms with Crippen molar-refractivity contribution in [3.05, 3.63) is 63.1 Å². The standard InChI is InChI=1S/C19H24N6O3/c1-22-17-16(18(27)23(2)19(22)28)25(13-21-17)12-15(26)24(11-9-20)10-8-14-6-4-3-5-7-14/h3-7,13H,8-12,20H2,1-2H3. The summed E-state index contributed by atoms with van der Waals surface area (Å²) in [5.41, 5.74) is 6.37. The van der Waals surface area contributed by atoms with E-state index in [1.165, 1.54) is 22.5 Å². The predicted octanol–water partition coefficient (Wildman–Crippen LogP) is -0.536. The molecule has 0 bridgehead atoms. The summed E-state index contributed by atoms with van der Waals surface area (Å²) >= 11 is 0. The molecule has 148 valence electrons. The number of hydrogen-bond donors (Lipinski definition) is 1. The number of rotatable bonds is 7. The minimum Gasteiger partial charge on any atom is -0.340 e. The molecular formula is C19H24N6O3. The van der Waals surface area contributed by atoms with Gasteiger partial charge in [0.25, 0.3) is 5.56 Å². The van der Waals surface area contributed by atoms with Crippen LogP contribution in [0, 0.1) is 0 Å². The van der Waals surface area contributed by atoms with Crippen LogP contribution in [0.1, 0.15) is 5.56 Å². The molecule has 3 rings (SSSR count). The Kier molecular flexibility index (Phi) is 5.74. The van der Waals surface area contributed by atoms with Crippen LogP contribution in [-0.2, 0) is 31.9 Å². The molecule has 2 N–H and O–H groups in total. The van der Waals surface area contributed by atoms with Crippen molar-refractivity contribution in [3.8, 4) is 0 Å². The third kappa shape index (κ3) is 3.74. The van der Waals surface area contributed by atoms with E-state index >= 15 is 0 Å². The molecule has 0 unspecified atom stereocenters. The van der Waals surface area contributed by atoms with Crippen LogP contribution in [0.3, 0.4) is 0 Å². The maximum atomic E-state index is 12.9. The van der Waals surface area contributed by atoms with Crippen molar-refractivity contribution >= 4 is 17.1 Å². The first kappa shape index (κ1) is 19.6. The summed E-state index contributed by atoms with van der Waals surface area (Å²) in [7, 11) is 2.95. The number of hydrogen-bond acceptors (Lipinski definition) is 5. The molecule has 3 aromatic rings. The number of aromatic nitrogens is 4. The zero-order valence-electron chi connectivity index (χ0n) is 16.0. The van der Waals surface area contributed by atoms with Crippen LogP contribution in [0.4, 0.5) is 0 Å². The summed E-state index contributed by atoms with van der Waals surface area (Å²) in [5.74, 6) is -0.156. The Hall–Kier alpha value is -3.20. The number of nitrogens with two attached hydrogens (primary N) is 1. The molecule has 0 radical (unpaired) electrons. The van der Waals surface area contributed by atoms with E-state index in [0.717, 1.165) is 10.1 Å². The Morgan fingerprint density at radius 2 is 1.82 bits per heavy atom. The fourth-order valence-corrected chi connectivity index (χ4v) is 3.19. The Morgan fingerprint density at radius 1 is 1.11 bits per heavy atom. The molecule has 0 spiro atoms. The number of carbonyl (C=O) groups is 1. The van der Waals surface area contributed by atoms with Gasteiger partial charge in [0, 0.05) is 33.7 Å². The van der Waals surface area contributed by atoms with Crippen LogP contribution in [0.2, 0.25) is 0 Å². The van der Waals surface area contributed by atoms with Crippen LogP contribution in [0.15, 0.2) is 46.2 Å². The average molecular weight is 384 g/mol. The molecule has 28 heavy (non-hydrogen) atoms. The van der Waals surface area contributed by atoms with E-state index in [4.69, 9.17) is 5.73 Å². The highest BCUT2D eigenvalue weighted by Gasteiger charge is 2.18. The summed E-state index contributed by atoms with van der Waals surface area (Å²) in [5, 5.41) is 0. The Bertz CT molecular complexity index is 1100. The fraction of sp³-hybridized carbons (Fsp3) is 0.368. The lowest BCUT2D eigenvalue weighted by Crippen LogP contribution is -2.40. The van der Waals surface area contributed by atoms with E-state index in [-0.39, 0.29) is 23.6 Å². The molecule has 0 saturated carbocycles. The van der Waals surface area contributed by atoms with Crippen molar-refractivity contribution in [3.63, 3.8) is 0 Å². The van der Waals surface area contributed by atoms with Crippen LogP contribution < -0.4 is 17.0 Å². The average Bonchev–Trinajstić information content (AvgIpc) is 3.12. The fourth-order valence-electron chi connectivity index (χ4n) is 3.19. The van der Waals surface area contributed by atoms with Crippen molar-refractivity contribution in [2.24, 2.45) is 19.8 Å². The highest BCUT2D eigenvalue weighted by Crippen LogP contribution is 2.07. The van der Waals surface area contributed by atoms with Crippen molar-refractivity contribution in [2.75, 3.05) is 19.6 Å². The smallest absolute Gasteiger partial charge is 0.332 e. The van der Waals surface area contributed by atoms with Gasteiger partial charge >= 0.3 is 5.69 Å². The summed E-state index contributed by atoms with van der Waals surface area (Å²) in [6, 6.07) is 9.89. The number of fused-ring (bicyclic) bond motifs is 1. The highest BCUT2D eigenvalue weighted by atomic mass is 16.2. The zero-order valence-corrected chi connectivity index (χ0v) is 16.0. The summed E-state index contributed by atoms with van der Waals surface area (Å²) in [4.78, 5) is 43.2. The second-order valence-electron chi connectivity index (χ2n) is 6.66. The van der Waals surface area contributed by atoms with E-state index in [0.29, 0.717) is 26.1 Å². The molecule has 9 heteroatoms. The number of aryl methyl sites for hydroxylation is 1. The summed E-state index contributed by atoms with van der Waals surface area (Å²) in [6.45, 7) is 1.26. The summed E-state index contributed by atoms with van der Waals surface area (Å²) < 4.78 is 3.80. The Labute approximate surface area is 161 Å². The van der Waals surface area contributed by atoms with Crippen LogP contribution in [0.25, 0.3) is 11.2 Å². The first-order valence-electron chi connectivity index (χ1n) is 9.06. The maximum Gasteiger partial charge on any atom is 0.332 e. The largest absolute Gasteiger partial charge is 0.340 e. The van der Waals surface area contributed by atoms with E-state index in [1.807, 2.05) is 30.3 Å². The molecule has 0 saturated heterocycles. The molecule has 1 amide bonds. The van der Waals surface area contributed by atoms with Crippen LogP contribution in [-0.4, -0.2) is 49.1 Å². The van der Waals surface area contributed by atoms with Crippen molar-refractivity contribution < 1.29 is 4.79 Å². The summed E-state index contributed by atoms with van der Waals surface area (Å²) in [6.07, 6.45) is 2.13. The van der Waals surface area contributed by atoms with Crippen LogP contribution in [0.5, 0.6) is 0 Å². The minimum atomic E-state index is -0.474. The number of imidazole rings is 1. The third-order valence-electron chi connectivity index (χ3n) is 4.79. The SMILES string of the molecule is Cn1c(=O)c2c(ncn2CC(=O)N(CCN)CCc2ccccc2)n(C)c1=O. The van der Waals surface area contributed by atoms with Gasteiger partial charge in [-0.05, 0) is 12.0 Å². The molecule has 0 aliphatic heterocycles. The molecule has 0 atom stereocenters. The molecule has 9 nitrogen and oxygen atoms in total. The predicted molar refractivity (Wildman–Crippen MR) is 106 cm³/mol. The highest BCUT2D eigenvalue weighted by molar-refractivity contribution is 5.79. The molecular weight excluding hydrogens is 360 g/mol. The molecule has 0 fully saturated rings. The quantitative estimate of drug-likeness (QED) is 0.589. The van der Waals surface area contributed by atoms with Gasteiger partial charge in [-0.15, -0.1) is 0 Å². The molecule has 1 aromatic carbocycles. The van der Waals surface area contributed by atoms with Crippen molar-refractivity contribution in [1.82, 2.24) is 23.6 Å². The zero-order chi connectivity index (χ0) is 20.3. The number of amides is 1. The third-order valence-corrected chi connectivity index (χ3v) is 4.79. The van der Waals surface area contributed by atoms with Crippen molar-refractivity contribution in [1.29, 1.82) is 0 Å². The van der Waals surface area contributed by atoms with Gasteiger partial charge in [-0.2, -0.15) is 0 Å². The topological polar surface area (TPSA) is 108 Å². The monoisotopic (exact) mass is 384 g/mol. The number of benzene rings is 1. The second-order valence-corrected chi connectivity index (χ2v) is 6.66. The molecule has 2 aromatic heterocycles. The lowest BCUT2D eigenvalue weighted by molar-refractivity contribution is -0.131. The van der Waals surface area contributed by atoms with Gasteiger partial charge in [0.2, 0.25) is 5.91 Å². The van der Waals surface area contributed by atoms with Gasteiger partial charge in [0.15, 0.2) is 11.2 Å². The van der Waals surface area contributed by atoms with E-state index in [1.54, 1.807) is 11.9 Å². The minimum absolute atomic E-state index is 0.0429. The van der Waals surface area contributed by atoms with Crippen LogP contribution >= 0.6 is 0 Å². The van der Waals surface area contributed by atoms with Gasteiger partial charge in [0.05, 0.1) is 6.33 Å². The normalized spacial score (nSPS) is 11.1. The first-order valence-corrected chi connectivity index (χ1v) is 9.06. The Morgan fingerprint density at radius 3 is 2.50 bits per heavy atom. The molecule has 0 aliphatic carbocycles. The number of nitrogens with zero attached hydrogens (tertiary/aromatic N) is 5.